The molecule has 0 spiro atoms. The molecule has 0 saturated heterocycles. The van der Waals surface area contributed by atoms with Gasteiger partial charge in [0.1, 0.15) is 0 Å². The zero-order valence-corrected chi connectivity index (χ0v) is 13.7. The van der Waals surface area contributed by atoms with E-state index in [4.69, 9.17) is 0 Å². The summed E-state index contributed by atoms with van der Waals surface area (Å²) in [7, 11) is 1.62. The third-order valence-corrected chi connectivity index (χ3v) is 4.53. The Morgan fingerprint density at radius 3 is 2.48 bits per heavy atom. The molecule has 0 amide bonds. The van der Waals surface area contributed by atoms with E-state index in [-0.39, 0.29) is 28.9 Å². The zero-order chi connectivity index (χ0) is 16.7. The van der Waals surface area contributed by atoms with Crippen LogP contribution in [0.5, 0.6) is 0 Å². The Morgan fingerprint density at radius 1 is 1.22 bits per heavy atom. The first kappa shape index (κ1) is 15.6. The molecular formula is C15H22N5O3+. The van der Waals surface area contributed by atoms with Crippen molar-refractivity contribution in [2.24, 2.45) is 7.05 Å². The summed E-state index contributed by atoms with van der Waals surface area (Å²) in [6, 6.07) is -0.134. The average molecular weight is 320 g/mol. The van der Waals surface area contributed by atoms with Gasteiger partial charge < -0.3 is 0 Å². The lowest BCUT2D eigenvalue weighted by molar-refractivity contribution is -0.483. The zero-order valence-electron chi connectivity index (χ0n) is 13.7. The number of aromatic amines is 1. The van der Waals surface area contributed by atoms with Gasteiger partial charge in [-0.3, -0.25) is 14.3 Å². The summed E-state index contributed by atoms with van der Waals surface area (Å²) >= 11 is 0. The van der Waals surface area contributed by atoms with E-state index >= 15 is 0 Å². The summed E-state index contributed by atoms with van der Waals surface area (Å²) in [6.45, 7) is 3.68. The first-order valence-electron chi connectivity index (χ1n) is 8.10. The third-order valence-electron chi connectivity index (χ3n) is 4.53. The molecule has 2 aromatic heterocycles. The molecule has 0 radical (unpaired) electrons. The minimum absolute atomic E-state index is 0.0450. The van der Waals surface area contributed by atoms with Crippen molar-refractivity contribution in [2.45, 2.75) is 57.9 Å². The van der Waals surface area contributed by atoms with Gasteiger partial charge in [-0.05, 0) is 12.8 Å². The van der Waals surface area contributed by atoms with E-state index in [2.05, 4.69) is 10.1 Å². The van der Waals surface area contributed by atoms with Gasteiger partial charge in [-0.15, -0.1) is 0 Å². The monoisotopic (exact) mass is 320 g/mol. The van der Waals surface area contributed by atoms with Crippen molar-refractivity contribution < 1.29 is 4.43 Å². The maximum atomic E-state index is 12.9. The van der Waals surface area contributed by atoms with Crippen LogP contribution in [-0.4, -0.2) is 19.3 Å². The number of H-pyrrole nitrogens is 1. The van der Waals surface area contributed by atoms with Crippen molar-refractivity contribution in [1.82, 2.24) is 19.3 Å². The smallest absolute Gasteiger partial charge is 0.287 e. The number of aryl methyl sites for hydroxylation is 1. The molecule has 0 aromatic carbocycles. The molecule has 124 valence electrons. The van der Waals surface area contributed by atoms with Crippen molar-refractivity contribution in [3.05, 3.63) is 31.6 Å². The fourth-order valence-electron chi connectivity index (χ4n) is 3.33. The fraction of sp³-hybridized carbons (Fsp3) is 0.667. The van der Waals surface area contributed by atoms with Crippen LogP contribution in [0.2, 0.25) is 0 Å². The van der Waals surface area contributed by atoms with Gasteiger partial charge in [0.15, 0.2) is 0 Å². The van der Waals surface area contributed by atoms with Crippen molar-refractivity contribution in [3.8, 4) is 0 Å². The lowest BCUT2D eigenvalue weighted by Gasteiger charge is -2.22. The van der Waals surface area contributed by atoms with E-state index in [0.717, 1.165) is 32.1 Å². The molecule has 8 nitrogen and oxygen atoms in total. The second-order valence-electron chi connectivity index (χ2n) is 6.53. The Hall–Kier alpha value is -2.25. The Labute approximate surface area is 132 Å². The van der Waals surface area contributed by atoms with E-state index in [0.29, 0.717) is 4.43 Å². The van der Waals surface area contributed by atoms with Crippen molar-refractivity contribution >= 4 is 11.2 Å². The number of rotatable bonds is 2. The molecule has 0 bridgehead atoms. The van der Waals surface area contributed by atoms with Gasteiger partial charge in [0.2, 0.25) is 5.65 Å². The quantitative estimate of drug-likeness (QED) is 0.834. The van der Waals surface area contributed by atoms with Crippen LogP contribution in [0.3, 0.4) is 0 Å². The summed E-state index contributed by atoms with van der Waals surface area (Å²) in [5, 5.41) is 4.17. The van der Waals surface area contributed by atoms with Gasteiger partial charge in [0.25, 0.3) is 5.52 Å². The van der Waals surface area contributed by atoms with Gasteiger partial charge in [-0.1, -0.05) is 38.0 Å². The van der Waals surface area contributed by atoms with Crippen LogP contribution in [-0.2, 0) is 7.05 Å². The molecule has 1 fully saturated rings. The van der Waals surface area contributed by atoms with Crippen molar-refractivity contribution in [2.75, 3.05) is 0 Å². The highest BCUT2D eigenvalue weighted by Gasteiger charge is 2.28. The molecule has 2 heterocycles. The van der Waals surface area contributed by atoms with Crippen LogP contribution in [0.4, 0.5) is 0 Å². The Morgan fingerprint density at radius 2 is 1.87 bits per heavy atom. The van der Waals surface area contributed by atoms with E-state index in [1.165, 1.54) is 9.25 Å². The van der Waals surface area contributed by atoms with Crippen molar-refractivity contribution in [3.63, 3.8) is 0 Å². The fourth-order valence-corrected chi connectivity index (χ4v) is 3.33. The number of hydrogen-bond acceptors (Lipinski definition) is 4. The highest BCUT2D eigenvalue weighted by molar-refractivity contribution is 5.63. The number of nitrogens with zero attached hydrogens (tertiary/aromatic N) is 4. The third kappa shape index (κ3) is 2.51. The lowest BCUT2D eigenvalue weighted by atomic mass is 9.95. The summed E-state index contributed by atoms with van der Waals surface area (Å²) in [5.74, 6) is 0.136. The first-order chi connectivity index (χ1) is 10.9. The second-order valence-corrected chi connectivity index (χ2v) is 6.53. The topological polar surface area (TPSA) is 95.7 Å². The molecule has 1 aliphatic carbocycles. The molecule has 0 unspecified atom stereocenters. The number of fused-ring (bicyclic) bond motifs is 1. The first-order valence-corrected chi connectivity index (χ1v) is 8.10. The maximum absolute atomic E-state index is 12.9. The van der Waals surface area contributed by atoms with Gasteiger partial charge in [-0.2, -0.15) is 4.68 Å². The lowest BCUT2D eigenvalue weighted by Crippen LogP contribution is -2.44. The van der Waals surface area contributed by atoms with E-state index < -0.39 is 11.2 Å². The maximum Gasteiger partial charge on any atom is 0.370 e. The highest BCUT2D eigenvalue weighted by Crippen LogP contribution is 2.25. The predicted octanol–water partition coefficient (Wildman–Crippen LogP) is 0.966. The molecule has 1 N–H and O–H groups in total. The minimum atomic E-state index is -0.523. The molecule has 8 heteroatoms. The normalized spacial score (nSPS) is 16.3. The summed E-state index contributed by atoms with van der Waals surface area (Å²) in [5.41, 5.74) is -0.877. The van der Waals surface area contributed by atoms with E-state index in [1.54, 1.807) is 7.05 Å². The van der Waals surface area contributed by atoms with Gasteiger partial charge in [0.05, 0.1) is 18.1 Å². The minimum Gasteiger partial charge on any atom is -0.287 e. The van der Waals surface area contributed by atoms with E-state index in [1.807, 2.05) is 13.8 Å². The molecule has 0 atom stereocenters. The highest BCUT2D eigenvalue weighted by atomic mass is 16.3. The van der Waals surface area contributed by atoms with Crippen LogP contribution in [0.25, 0.3) is 11.2 Å². The van der Waals surface area contributed by atoms with Crippen LogP contribution in [0.15, 0.2) is 9.59 Å². The average Bonchev–Trinajstić information content (AvgIpc) is 2.51. The number of nitrogens with one attached hydrogen (secondary N) is 1. The molecule has 23 heavy (non-hydrogen) atoms. The predicted molar refractivity (Wildman–Crippen MR) is 85.2 cm³/mol. The van der Waals surface area contributed by atoms with Crippen LogP contribution < -0.4 is 15.7 Å². The second kappa shape index (κ2) is 5.75. The SMILES string of the molecule is CC(C)c1nn(C)c2[nH]c(=O)n(C3CCCCC3)c(=O)c2[n+]1=O. The standard InChI is InChI=1S/C15H21N5O3/c1-9(2)12-17-18(3)13-11(20(12)23)14(21)19(15(22)16-13)10-7-5-4-6-8-10/h9-10H,4-8H2,1-3H3/p+1. The molecular weight excluding hydrogens is 298 g/mol. The number of hydrogen-bond donors (Lipinski definition) is 1. The molecule has 1 aliphatic rings. The summed E-state index contributed by atoms with van der Waals surface area (Å²) < 4.78 is 3.19. The Balaban J connectivity index is 2.37. The molecule has 2 aromatic rings. The van der Waals surface area contributed by atoms with Gasteiger partial charge >= 0.3 is 17.1 Å². The summed E-state index contributed by atoms with van der Waals surface area (Å²) in [4.78, 5) is 40.5. The molecule has 0 aliphatic heterocycles. The van der Waals surface area contributed by atoms with Crippen LogP contribution >= 0.6 is 0 Å². The number of aromatic nitrogens is 5. The Bertz CT molecular complexity index is 916. The van der Waals surface area contributed by atoms with Gasteiger partial charge in [0, 0.05) is 10.5 Å². The Kier molecular flexibility index (Phi) is 3.91. The van der Waals surface area contributed by atoms with Crippen molar-refractivity contribution in [1.29, 1.82) is 0 Å². The molecule has 1 saturated carbocycles. The van der Waals surface area contributed by atoms with Crippen LogP contribution in [0, 0.1) is 4.91 Å². The largest absolute Gasteiger partial charge is 0.370 e. The summed E-state index contributed by atoms with van der Waals surface area (Å²) in [6.07, 6.45) is 4.69. The van der Waals surface area contributed by atoms with Gasteiger partial charge in [-0.25, -0.2) is 4.79 Å². The van der Waals surface area contributed by atoms with Crippen LogP contribution in [0.1, 0.15) is 63.7 Å². The molecule has 3 rings (SSSR count). The van der Waals surface area contributed by atoms with E-state index in [9.17, 15) is 14.5 Å².